The van der Waals surface area contributed by atoms with Crippen molar-refractivity contribution in [1.82, 2.24) is 9.88 Å². The Labute approximate surface area is 159 Å². The molecule has 3 rings (SSSR count). The van der Waals surface area contributed by atoms with E-state index in [0.29, 0.717) is 11.1 Å². The lowest BCUT2D eigenvalue weighted by Crippen LogP contribution is -2.36. The maximum atomic E-state index is 11.0. The van der Waals surface area contributed by atoms with Crippen molar-refractivity contribution in [3.63, 3.8) is 0 Å². The van der Waals surface area contributed by atoms with Gasteiger partial charge in [-0.2, -0.15) is 0 Å². The molecule has 0 bridgehead atoms. The van der Waals surface area contributed by atoms with E-state index in [1.54, 1.807) is 0 Å². The summed E-state index contributed by atoms with van der Waals surface area (Å²) in [5, 5.41) is 10.8. The Morgan fingerprint density at radius 3 is 2.85 bits per heavy atom. The molecule has 5 nitrogen and oxygen atoms in total. The molecule has 1 aromatic carbocycles. The fourth-order valence-corrected chi connectivity index (χ4v) is 4.15. The largest absolute Gasteiger partial charge is 0.480 e. The van der Waals surface area contributed by atoms with Crippen molar-refractivity contribution in [1.29, 1.82) is 0 Å². The van der Waals surface area contributed by atoms with Crippen LogP contribution in [0.3, 0.4) is 0 Å². The molecule has 1 aromatic heterocycles. The van der Waals surface area contributed by atoms with Gasteiger partial charge in [-0.25, -0.2) is 0 Å². The Hall–Kier alpha value is -1.85. The van der Waals surface area contributed by atoms with Crippen LogP contribution in [0.4, 0.5) is 5.69 Å². The molecule has 0 amide bonds. The monoisotopic (exact) mass is 375 g/mol. The van der Waals surface area contributed by atoms with Crippen molar-refractivity contribution in [2.45, 2.75) is 39.2 Å². The second-order valence-electron chi connectivity index (χ2n) is 7.19. The number of aromatic nitrogens is 1. The van der Waals surface area contributed by atoms with Gasteiger partial charge >= 0.3 is 5.97 Å². The van der Waals surface area contributed by atoms with Gasteiger partial charge in [0.15, 0.2) is 0 Å². The molecule has 2 heterocycles. The molecule has 1 saturated heterocycles. The molecule has 1 N–H and O–H groups in total. The van der Waals surface area contributed by atoms with E-state index in [2.05, 4.69) is 17.9 Å². The molecule has 1 fully saturated rings. The molecular weight excluding hydrogens is 350 g/mol. The maximum Gasteiger partial charge on any atom is 0.317 e. The topological polar surface area (TPSA) is 56.7 Å². The van der Waals surface area contributed by atoms with Crippen molar-refractivity contribution in [3.8, 4) is 0 Å². The Kier molecular flexibility index (Phi) is 5.68. The van der Waals surface area contributed by atoms with Gasteiger partial charge in [-0.15, -0.1) is 0 Å². The second-order valence-corrected chi connectivity index (χ2v) is 7.59. The van der Waals surface area contributed by atoms with Gasteiger partial charge < -0.3 is 10.0 Å². The van der Waals surface area contributed by atoms with Crippen LogP contribution in [0.5, 0.6) is 0 Å². The number of benzene rings is 1. The third-order valence-corrected chi connectivity index (χ3v) is 5.75. The van der Waals surface area contributed by atoms with E-state index in [9.17, 15) is 4.79 Å². The van der Waals surface area contributed by atoms with Gasteiger partial charge in [-0.05, 0) is 51.8 Å². The number of aliphatic carboxylic acids is 1. The van der Waals surface area contributed by atoms with Gasteiger partial charge in [-0.3, -0.25) is 14.7 Å². The summed E-state index contributed by atoms with van der Waals surface area (Å²) in [6.07, 6.45) is 3.01. The average molecular weight is 376 g/mol. The Morgan fingerprint density at radius 1 is 1.35 bits per heavy atom. The number of carboxylic acid groups (broad SMARTS) is 1. The number of nitrogens with zero attached hydrogens (tertiary/aromatic N) is 3. The highest BCUT2D eigenvalue weighted by atomic mass is 35.5. The highest BCUT2D eigenvalue weighted by Crippen LogP contribution is 2.35. The fraction of sp³-hybridized carbons (Fsp3) is 0.500. The smallest absolute Gasteiger partial charge is 0.317 e. The van der Waals surface area contributed by atoms with Crippen LogP contribution < -0.4 is 4.90 Å². The standard InChI is InChI=1S/C20H26ClN3O2/c1-13-14(2)22-19-16(7-4-8-17(19)21)20(13)24-10-5-6-15(9-11-24)23(3)12-18(25)26/h4,7-8,15H,5-6,9-12H2,1-3H3,(H,25,26). The molecule has 1 atom stereocenters. The van der Waals surface area contributed by atoms with E-state index < -0.39 is 5.97 Å². The summed E-state index contributed by atoms with van der Waals surface area (Å²) in [5.41, 5.74) is 4.27. The summed E-state index contributed by atoms with van der Waals surface area (Å²) in [6, 6.07) is 6.25. The molecule has 0 radical (unpaired) electrons. The molecule has 1 aliphatic heterocycles. The molecule has 6 heteroatoms. The van der Waals surface area contributed by atoms with Crippen LogP contribution >= 0.6 is 11.6 Å². The second kappa shape index (κ2) is 7.80. The number of halogens is 1. The number of para-hydroxylation sites is 1. The molecule has 140 valence electrons. The Bertz CT molecular complexity index is 824. The van der Waals surface area contributed by atoms with E-state index in [-0.39, 0.29) is 6.54 Å². The van der Waals surface area contributed by atoms with Crippen LogP contribution in [-0.2, 0) is 4.79 Å². The molecule has 26 heavy (non-hydrogen) atoms. The minimum absolute atomic E-state index is 0.0938. The number of fused-ring (bicyclic) bond motifs is 1. The first-order valence-corrected chi connectivity index (χ1v) is 9.48. The van der Waals surface area contributed by atoms with Crippen molar-refractivity contribution in [2.24, 2.45) is 0 Å². The van der Waals surface area contributed by atoms with Gasteiger partial charge in [0.05, 0.1) is 22.8 Å². The first-order valence-electron chi connectivity index (χ1n) is 9.11. The third-order valence-electron chi connectivity index (χ3n) is 5.44. The van der Waals surface area contributed by atoms with Crippen molar-refractivity contribution in [2.75, 3.05) is 31.6 Å². The normalized spacial score (nSPS) is 18.3. The van der Waals surface area contributed by atoms with Crippen LogP contribution in [0, 0.1) is 13.8 Å². The predicted molar refractivity (Wildman–Crippen MR) is 106 cm³/mol. The predicted octanol–water partition coefficient (Wildman–Crippen LogP) is 3.88. The first kappa shape index (κ1) is 18.9. The van der Waals surface area contributed by atoms with Gasteiger partial charge in [0.2, 0.25) is 0 Å². The highest BCUT2D eigenvalue weighted by molar-refractivity contribution is 6.35. The first-order chi connectivity index (χ1) is 12.4. The molecule has 1 aliphatic rings. The number of aryl methyl sites for hydroxylation is 1. The van der Waals surface area contributed by atoms with Crippen LogP contribution in [0.15, 0.2) is 18.2 Å². The van der Waals surface area contributed by atoms with Gasteiger partial charge in [0, 0.05) is 30.2 Å². The fourth-order valence-electron chi connectivity index (χ4n) is 3.94. The van der Waals surface area contributed by atoms with E-state index in [0.717, 1.165) is 48.9 Å². The number of carbonyl (C=O) groups is 1. The maximum absolute atomic E-state index is 11.0. The SMILES string of the molecule is Cc1nc2c(Cl)cccc2c(N2CCCC(N(C)CC(=O)O)CC2)c1C. The Balaban J connectivity index is 1.91. The molecule has 0 saturated carbocycles. The molecule has 0 aliphatic carbocycles. The minimum atomic E-state index is -0.769. The zero-order chi connectivity index (χ0) is 18.8. The van der Waals surface area contributed by atoms with Crippen LogP contribution in [0.2, 0.25) is 5.02 Å². The van der Waals surface area contributed by atoms with Crippen molar-refractivity contribution < 1.29 is 9.90 Å². The van der Waals surface area contributed by atoms with E-state index in [4.69, 9.17) is 21.7 Å². The number of carboxylic acids is 1. The molecule has 0 spiro atoms. The number of likely N-dealkylation sites (N-methyl/N-ethyl adjacent to an activating group) is 1. The zero-order valence-corrected chi connectivity index (χ0v) is 16.4. The summed E-state index contributed by atoms with van der Waals surface area (Å²) in [7, 11) is 1.91. The average Bonchev–Trinajstić information content (AvgIpc) is 2.82. The molecule has 1 unspecified atom stereocenters. The van der Waals surface area contributed by atoms with Gasteiger partial charge in [-0.1, -0.05) is 23.7 Å². The number of hydrogen-bond donors (Lipinski definition) is 1. The lowest BCUT2D eigenvalue weighted by Gasteiger charge is -2.28. The van der Waals surface area contributed by atoms with Gasteiger partial charge in [0.25, 0.3) is 0 Å². The number of rotatable bonds is 4. The van der Waals surface area contributed by atoms with Crippen molar-refractivity contribution >= 4 is 34.2 Å². The highest BCUT2D eigenvalue weighted by Gasteiger charge is 2.24. The number of anilines is 1. The van der Waals surface area contributed by atoms with Crippen LogP contribution in [-0.4, -0.2) is 53.7 Å². The number of hydrogen-bond acceptors (Lipinski definition) is 4. The van der Waals surface area contributed by atoms with Crippen LogP contribution in [0.1, 0.15) is 30.5 Å². The Morgan fingerprint density at radius 2 is 2.12 bits per heavy atom. The summed E-state index contributed by atoms with van der Waals surface area (Å²) in [4.78, 5) is 20.1. The number of pyridine rings is 1. The van der Waals surface area contributed by atoms with E-state index >= 15 is 0 Å². The lowest BCUT2D eigenvalue weighted by molar-refractivity contribution is -0.138. The summed E-state index contributed by atoms with van der Waals surface area (Å²) in [6.45, 7) is 6.11. The van der Waals surface area contributed by atoms with Gasteiger partial charge in [0.1, 0.15) is 0 Å². The summed E-state index contributed by atoms with van der Waals surface area (Å²) in [5.74, 6) is -0.769. The summed E-state index contributed by atoms with van der Waals surface area (Å²) >= 11 is 6.39. The summed E-state index contributed by atoms with van der Waals surface area (Å²) < 4.78 is 0. The quantitative estimate of drug-likeness (QED) is 0.878. The molecular formula is C20H26ClN3O2. The van der Waals surface area contributed by atoms with Crippen molar-refractivity contribution in [3.05, 3.63) is 34.5 Å². The van der Waals surface area contributed by atoms with E-state index in [1.807, 2.05) is 31.0 Å². The van der Waals surface area contributed by atoms with Crippen LogP contribution in [0.25, 0.3) is 10.9 Å². The molecule has 2 aromatic rings. The van der Waals surface area contributed by atoms with E-state index in [1.165, 1.54) is 11.3 Å². The third kappa shape index (κ3) is 3.79. The lowest BCUT2D eigenvalue weighted by atomic mass is 10.1. The minimum Gasteiger partial charge on any atom is -0.480 e. The zero-order valence-electron chi connectivity index (χ0n) is 15.6.